The zero-order valence-corrected chi connectivity index (χ0v) is 10.2. The molecule has 0 aliphatic carbocycles. The number of hydrogen-bond acceptors (Lipinski definition) is 6. The van der Waals surface area contributed by atoms with Gasteiger partial charge in [-0.3, -0.25) is 8.42 Å². The smallest absolute Gasteiger partial charge is 0.759 e. The quantitative estimate of drug-likeness (QED) is 0.167. The molecule has 0 aliphatic heterocycles. The normalized spacial score (nSPS) is 7.00. The second-order valence-electron chi connectivity index (χ2n) is 0.504. The number of carbonyl (C=O) groups is 1. The van der Waals surface area contributed by atoms with Crippen LogP contribution in [0.3, 0.4) is 0 Å². The Morgan fingerprint density at radius 2 is 1.20 bits per heavy atom. The van der Waals surface area contributed by atoms with Crippen LogP contribution in [0.2, 0.25) is 0 Å². The maximum Gasteiger partial charge on any atom is 2.00 e. The van der Waals surface area contributed by atoms with Crippen molar-refractivity contribution in [2.24, 2.45) is 0 Å². The first kappa shape index (κ1) is 22.6. The zero-order valence-electron chi connectivity index (χ0n) is 5.14. The molecule has 0 spiro atoms. The molecule has 50 valence electrons. The van der Waals surface area contributed by atoms with Crippen molar-refractivity contribution in [2.45, 2.75) is 0 Å². The summed E-state index contributed by atoms with van der Waals surface area (Å²) in [6.45, 7) is -0.500. The summed E-state index contributed by atoms with van der Waals surface area (Å²) in [5.74, 6) is 0. The van der Waals surface area contributed by atoms with Crippen molar-refractivity contribution in [1.82, 2.24) is 0 Å². The third-order valence-corrected chi connectivity index (χ3v) is 0. The predicted octanol–water partition coefficient (Wildman–Crippen LogP) is -6.35. The Morgan fingerprint density at radius 1 is 1.20 bits per heavy atom. The van der Waals surface area contributed by atoms with E-state index < -0.39 is 16.9 Å². The van der Waals surface area contributed by atoms with E-state index >= 15 is 0 Å². The minimum Gasteiger partial charge on any atom is -0.759 e. The first-order valence-electron chi connectivity index (χ1n) is 1.14. The number of hydrogen-bond donors (Lipinski definition) is 0. The zero-order chi connectivity index (χ0) is 7.21. The molecule has 0 saturated heterocycles. The number of carbonyl (C=O) groups excluding carboxylic acids is 1. The second kappa shape index (κ2) is 13.2. The number of rotatable bonds is 0. The Hall–Kier alpha value is 1.60. The van der Waals surface area contributed by atoms with Gasteiger partial charge < -0.3 is 19.0 Å². The van der Waals surface area contributed by atoms with Crippen LogP contribution in [0, 0.1) is 0 Å². The average Bonchev–Trinajstić information content (AvgIpc) is 1.27. The van der Waals surface area contributed by atoms with E-state index in [1.165, 1.54) is 0 Å². The molecule has 0 aromatic carbocycles. The molecule has 10 heavy (non-hydrogen) atoms. The van der Waals surface area contributed by atoms with E-state index in [1.807, 2.05) is 0 Å². The molecule has 0 fully saturated rings. The van der Waals surface area contributed by atoms with Crippen LogP contribution in [0.5, 0.6) is 0 Å². The molecule has 0 N–H and O–H groups in total. The van der Waals surface area contributed by atoms with Crippen molar-refractivity contribution in [3.8, 4) is 0 Å². The van der Waals surface area contributed by atoms with Gasteiger partial charge in [-0.15, -0.1) is 0 Å². The molecule has 0 atom stereocenters. The van der Waals surface area contributed by atoms with Crippen molar-refractivity contribution >= 4 is 54.6 Å². The fourth-order valence-corrected chi connectivity index (χ4v) is 0. The van der Waals surface area contributed by atoms with Gasteiger partial charge in [-0.2, -0.15) is 0 Å². The topological polar surface area (TPSA) is 120 Å². The fraction of sp³-hybridized carbons (Fsp3) is 0. The molecule has 0 bridgehead atoms. The van der Waals surface area contributed by atoms with Crippen LogP contribution in [0.25, 0.3) is 0 Å². The molecule has 9 heteroatoms. The molecule has 0 amide bonds. The second-order valence-corrected chi connectivity index (χ2v) is 1.32. The molecule has 6 nitrogen and oxygen atoms in total. The van der Waals surface area contributed by atoms with Crippen LogP contribution in [-0.4, -0.2) is 61.7 Å². The monoisotopic (exact) mass is 204 g/mol. The third kappa shape index (κ3) is 277. The molecule has 0 heterocycles. The van der Waals surface area contributed by atoms with Crippen LogP contribution in [0.15, 0.2) is 0 Å². The molecule has 0 radical (unpaired) electrons. The fourth-order valence-electron chi connectivity index (χ4n) is 0. The summed E-state index contributed by atoms with van der Waals surface area (Å²) in [6.07, 6.45) is 0. The molecule has 0 aromatic rings. The van der Waals surface area contributed by atoms with Gasteiger partial charge in [-0.25, -0.2) is 0 Å². The van der Waals surface area contributed by atoms with Gasteiger partial charge in [-0.1, -0.05) is 0 Å². The van der Waals surface area contributed by atoms with Gasteiger partial charge in [0.05, 0.1) is 0 Å². The SMILES string of the molecule is O=C[O-].O=S(=O)([O-])[O-].[Ca+2].[Na+]. The summed E-state index contributed by atoms with van der Waals surface area (Å²) in [5.41, 5.74) is 0. The van der Waals surface area contributed by atoms with Crippen molar-refractivity contribution in [3.63, 3.8) is 0 Å². The minimum absolute atomic E-state index is 0. The third-order valence-electron chi connectivity index (χ3n) is 0. The predicted molar refractivity (Wildman–Crippen MR) is 22.3 cm³/mol. The van der Waals surface area contributed by atoms with Crippen molar-refractivity contribution in [3.05, 3.63) is 0 Å². The first-order valence-corrected chi connectivity index (χ1v) is 2.47. The maximum atomic E-state index is 8.52. The maximum absolute atomic E-state index is 8.52. The molecule has 0 rings (SSSR count). The molecule has 0 aromatic heterocycles. The van der Waals surface area contributed by atoms with Crippen LogP contribution in [-0.2, 0) is 15.2 Å². The van der Waals surface area contributed by atoms with E-state index in [-0.39, 0.29) is 67.3 Å². The van der Waals surface area contributed by atoms with E-state index in [0.29, 0.717) is 0 Å². The van der Waals surface area contributed by atoms with Crippen LogP contribution < -0.4 is 34.7 Å². The van der Waals surface area contributed by atoms with Gasteiger partial charge >= 0.3 is 67.3 Å². The van der Waals surface area contributed by atoms with E-state index in [2.05, 4.69) is 0 Å². The summed E-state index contributed by atoms with van der Waals surface area (Å²) in [6, 6.07) is 0. The summed E-state index contributed by atoms with van der Waals surface area (Å²) >= 11 is 0. The van der Waals surface area contributed by atoms with Crippen LogP contribution in [0.1, 0.15) is 0 Å². The summed E-state index contributed by atoms with van der Waals surface area (Å²) in [4.78, 5) is 8.25. The number of carboxylic acid groups (broad SMARTS) is 1. The Labute approximate surface area is 110 Å². The van der Waals surface area contributed by atoms with Crippen LogP contribution in [0.4, 0.5) is 0 Å². The van der Waals surface area contributed by atoms with Crippen LogP contribution >= 0.6 is 0 Å². The molecular formula is CHCaNaO6S. The summed E-state index contributed by atoms with van der Waals surface area (Å²) < 4.78 is 34.1. The Bertz CT molecular complexity index is 132. The van der Waals surface area contributed by atoms with E-state index in [4.69, 9.17) is 27.4 Å². The van der Waals surface area contributed by atoms with Gasteiger partial charge in [0, 0.05) is 16.9 Å². The van der Waals surface area contributed by atoms with Crippen molar-refractivity contribution in [2.75, 3.05) is 0 Å². The van der Waals surface area contributed by atoms with Gasteiger partial charge in [-0.05, 0) is 0 Å². The van der Waals surface area contributed by atoms with E-state index in [1.54, 1.807) is 0 Å². The Kier molecular flexibility index (Phi) is 29.8. The molecule has 0 saturated carbocycles. The first-order chi connectivity index (χ1) is 3.41. The molecular weight excluding hydrogens is 203 g/mol. The van der Waals surface area contributed by atoms with E-state index in [0.717, 1.165) is 0 Å². The van der Waals surface area contributed by atoms with E-state index in [9.17, 15) is 0 Å². The van der Waals surface area contributed by atoms with Gasteiger partial charge in [0.2, 0.25) is 0 Å². The molecule has 0 unspecified atom stereocenters. The Morgan fingerprint density at radius 3 is 1.20 bits per heavy atom. The van der Waals surface area contributed by atoms with Gasteiger partial charge in [0.15, 0.2) is 0 Å². The van der Waals surface area contributed by atoms with Gasteiger partial charge in [0.25, 0.3) is 0 Å². The van der Waals surface area contributed by atoms with Gasteiger partial charge in [0.1, 0.15) is 0 Å². The Balaban J connectivity index is -0.0000000326. The largest absolute Gasteiger partial charge is 2.00 e. The summed E-state index contributed by atoms with van der Waals surface area (Å²) in [5, 5.41) is 8.25. The minimum atomic E-state index is -5.17. The molecule has 0 aliphatic rings. The average molecular weight is 204 g/mol. The van der Waals surface area contributed by atoms with Crippen molar-refractivity contribution in [1.29, 1.82) is 0 Å². The summed E-state index contributed by atoms with van der Waals surface area (Å²) in [7, 11) is -5.17. The standard InChI is InChI=1S/CH2O2.Ca.Na.H2O4S/c2-1-3;;;1-5(2,3)4/h1H,(H,2,3);;;(H2,1,2,3,4)/q;+2;+1;/p-3. The van der Waals surface area contributed by atoms with Crippen molar-refractivity contribution < 1.29 is 57.0 Å².